The van der Waals surface area contributed by atoms with Gasteiger partial charge in [-0.3, -0.25) is 14.5 Å². The van der Waals surface area contributed by atoms with Crippen molar-refractivity contribution >= 4 is 11.8 Å². The average molecular weight is 323 g/mol. The summed E-state index contributed by atoms with van der Waals surface area (Å²) in [5.41, 5.74) is 2.10. The Morgan fingerprint density at radius 1 is 1.13 bits per heavy atom. The number of carbonyl (C=O) groups is 2. The molecule has 0 spiro atoms. The largest absolute Gasteiger partial charge is 0.493 e. The maximum atomic E-state index is 11.8. The Morgan fingerprint density at radius 3 is 2.30 bits per heavy atom. The van der Waals surface area contributed by atoms with E-state index in [1.165, 1.54) is 7.05 Å². The summed E-state index contributed by atoms with van der Waals surface area (Å²) < 4.78 is 10.6. The van der Waals surface area contributed by atoms with Crippen molar-refractivity contribution in [3.8, 4) is 11.5 Å². The Hall–Kier alpha value is -2.28. The van der Waals surface area contributed by atoms with Gasteiger partial charge in [0.25, 0.3) is 0 Å². The van der Waals surface area contributed by atoms with Gasteiger partial charge in [0, 0.05) is 13.6 Å². The second kappa shape index (κ2) is 8.99. The third-order valence-corrected chi connectivity index (χ3v) is 3.42. The maximum absolute atomic E-state index is 11.8. The molecule has 0 aliphatic heterocycles. The summed E-state index contributed by atoms with van der Waals surface area (Å²) in [6, 6.07) is 3.82. The van der Waals surface area contributed by atoms with E-state index in [4.69, 9.17) is 9.47 Å². The number of rotatable bonds is 8. The molecule has 0 fully saturated rings. The second-order valence-corrected chi connectivity index (χ2v) is 5.26. The van der Waals surface area contributed by atoms with Gasteiger partial charge >= 0.3 is 0 Å². The molecule has 0 saturated carbocycles. The number of benzene rings is 1. The van der Waals surface area contributed by atoms with Crippen molar-refractivity contribution in [3.63, 3.8) is 0 Å². The smallest absolute Gasteiger partial charge is 0.239 e. The Balaban J connectivity index is 2.65. The fourth-order valence-electron chi connectivity index (χ4n) is 2.11. The molecule has 128 valence electrons. The molecule has 0 atom stereocenters. The van der Waals surface area contributed by atoms with Crippen molar-refractivity contribution in [1.29, 1.82) is 0 Å². The van der Waals surface area contributed by atoms with Crippen molar-refractivity contribution in [2.75, 3.05) is 41.4 Å². The van der Waals surface area contributed by atoms with Crippen LogP contribution in [0.4, 0.5) is 0 Å². The number of hydrogen-bond acceptors (Lipinski definition) is 5. The number of aryl methyl sites for hydroxylation is 1. The van der Waals surface area contributed by atoms with E-state index >= 15 is 0 Å². The van der Waals surface area contributed by atoms with Gasteiger partial charge in [0.1, 0.15) is 0 Å². The summed E-state index contributed by atoms with van der Waals surface area (Å²) in [7, 11) is 6.56. The van der Waals surface area contributed by atoms with E-state index in [1.54, 1.807) is 14.2 Å². The predicted molar refractivity (Wildman–Crippen MR) is 87.7 cm³/mol. The Kier molecular flexibility index (Phi) is 7.34. The first kappa shape index (κ1) is 18.8. The highest BCUT2D eigenvalue weighted by Gasteiger charge is 2.12. The molecule has 0 heterocycles. The number of ether oxygens (including phenoxy) is 2. The third kappa shape index (κ3) is 5.78. The SMILES string of the molecule is CNC(=O)CNC(=O)CN(C)Cc1cc(OC)c(OC)cc1C. The van der Waals surface area contributed by atoms with Gasteiger partial charge in [-0.2, -0.15) is 0 Å². The van der Waals surface area contributed by atoms with E-state index in [2.05, 4.69) is 10.6 Å². The van der Waals surface area contributed by atoms with Crippen LogP contribution in [-0.2, 0) is 16.1 Å². The van der Waals surface area contributed by atoms with Crippen LogP contribution in [0.5, 0.6) is 11.5 Å². The van der Waals surface area contributed by atoms with E-state index in [0.717, 1.165) is 11.1 Å². The molecule has 1 aromatic rings. The lowest BCUT2D eigenvalue weighted by molar-refractivity contribution is -0.126. The lowest BCUT2D eigenvalue weighted by Gasteiger charge is -2.19. The zero-order valence-electron chi connectivity index (χ0n) is 14.4. The number of nitrogens with zero attached hydrogens (tertiary/aromatic N) is 1. The third-order valence-electron chi connectivity index (χ3n) is 3.42. The normalized spacial score (nSPS) is 10.3. The zero-order chi connectivity index (χ0) is 17.4. The summed E-state index contributed by atoms with van der Waals surface area (Å²) in [6.07, 6.45) is 0. The molecule has 1 aromatic carbocycles. The number of methoxy groups -OCH3 is 2. The monoisotopic (exact) mass is 323 g/mol. The first-order chi connectivity index (χ1) is 10.9. The van der Waals surface area contributed by atoms with Crippen LogP contribution >= 0.6 is 0 Å². The number of carbonyl (C=O) groups excluding carboxylic acids is 2. The fraction of sp³-hybridized carbons (Fsp3) is 0.500. The molecule has 0 aliphatic carbocycles. The fourth-order valence-corrected chi connectivity index (χ4v) is 2.11. The molecule has 0 bridgehead atoms. The summed E-state index contributed by atoms with van der Waals surface area (Å²) in [6.45, 7) is 2.75. The Morgan fingerprint density at radius 2 is 1.74 bits per heavy atom. The number of nitrogens with one attached hydrogen (secondary N) is 2. The van der Waals surface area contributed by atoms with E-state index < -0.39 is 0 Å². The first-order valence-electron chi connectivity index (χ1n) is 7.28. The lowest BCUT2D eigenvalue weighted by atomic mass is 10.1. The number of amides is 2. The highest BCUT2D eigenvalue weighted by molar-refractivity contribution is 5.85. The molecule has 2 N–H and O–H groups in total. The van der Waals surface area contributed by atoms with Crippen molar-refractivity contribution in [2.24, 2.45) is 0 Å². The molecule has 2 amide bonds. The van der Waals surface area contributed by atoms with E-state index in [1.807, 2.05) is 31.0 Å². The van der Waals surface area contributed by atoms with Crippen LogP contribution in [0.15, 0.2) is 12.1 Å². The van der Waals surface area contributed by atoms with Crippen LogP contribution in [-0.4, -0.2) is 58.1 Å². The standard InChI is InChI=1S/C16H25N3O4/c1-11-6-13(22-4)14(23-5)7-12(11)9-19(3)10-16(21)18-8-15(20)17-2/h6-7H,8-10H2,1-5H3,(H,17,20)(H,18,21). The van der Waals surface area contributed by atoms with Gasteiger partial charge in [-0.15, -0.1) is 0 Å². The molecule has 7 heteroatoms. The molecule has 0 unspecified atom stereocenters. The number of hydrogen-bond donors (Lipinski definition) is 2. The van der Waals surface area contributed by atoms with Gasteiger partial charge in [-0.05, 0) is 37.2 Å². The topological polar surface area (TPSA) is 79.9 Å². The van der Waals surface area contributed by atoms with Gasteiger partial charge in [-0.25, -0.2) is 0 Å². The quantitative estimate of drug-likeness (QED) is 0.720. The molecular formula is C16H25N3O4. The minimum absolute atomic E-state index is 0.0153. The average Bonchev–Trinajstić information content (AvgIpc) is 2.53. The van der Waals surface area contributed by atoms with Crippen LogP contribution in [0.1, 0.15) is 11.1 Å². The van der Waals surface area contributed by atoms with Crippen LogP contribution in [0.2, 0.25) is 0 Å². The van der Waals surface area contributed by atoms with Crippen molar-refractivity contribution < 1.29 is 19.1 Å². The zero-order valence-corrected chi connectivity index (χ0v) is 14.4. The molecule has 0 saturated heterocycles. The molecule has 0 aromatic heterocycles. The summed E-state index contributed by atoms with van der Waals surface area (Å²) in [5, 5.41) is 5.02. The molecule has 1 rings (SSSR count). The molecule has 7 nitrogen and oxygen atoms in total. The van der Waals surface area contributed by atoms with Gasteiger partial charge in [0.05, 0.1) is 27.3 Å². The van der Waals surface area contributed by atoms with Crippen LogP contribution in [0, 0.1) is 6.92 Å². The Labute approximate surface area is 136 Å². The van der Waals surface area contributed by atoms with Crippen LogP contribution in [0.3, 0.4) is 0 Å². The van der Waals surface area contributed by atoms with Crippen molar-refractivity contribution in [1.82, 2.24) is 15.5 Å². The molecule has 23 heavy (non-hydrogen) atoms. The van der Waals surface area contributed by atoms with Gasteiger partial charge in [-0.1, -0.05) is 0 Å². The van der Waals surface area contributed by atoms with Crippen LogP contribution in [0.25, 0.3) is 0 Å². The van der Waals surface area contributed by atoms with Gasteiger partial charge in [0.2, 0.25) is 11.8 Å². The predicted octanol–water partition coefficient (Wildman–Crippen LogP) is 0.306. The van der Waals surface area contributed by atoms with E-state index in [-0.39, 0.29) is 24.9 Å². The highest BCUT2D eigenvalue weighted by atomic mass is 16.5. The van der Waals surface area contributed by atoms with Crippen LogP contribution < -0.4 is 20.1 Å². The van der Waals surface area contributed by atoms with Crippen molar-refractivity contribution in [3.05, 3.63) is 23.3 Å². The summed E-state index contributed by atoms with van der Waals surface area (Å²) >= 11 is 0. The maximum Gasteiger partial charge on any atom is 0.239 e. The Bertz CT molecular complexity index is 561. The second-order valence-electron chi connectivity index (χ2n) is 5.26. The van der Waals surface area contributed by atoms with E-state index in [9.17, 15) is 9.59 Å². The lowest BCUT2D eigenvalue weighted by Crippen LogP contribution is -2.40. The van der Waals surface area contributed by atoms with Crippen molar-refractivity contribution in [2.45, 2.75) is 13.5 Å². The van der Waals surface area contributed by atoms with Gasteiger partial charge in [0.15, 0.2) is 11.5 Å². The highest BCUT2D eigenvalue weighted by Crippen LogP contribution is 2.30. The minimum Gasteiger partial charge on any atom is -0.493 e. The minimum atomic E-state index is -0.225. The summed E-state index contributed by atoms with van der Waals surface area (Å²) in [4.78, 5) is 24.8. The molecular weight excluding hydrogens is 298 g/mol. The van der Waals surface area contributed by atoms with E-state index in [0.29, 0.717) is 18.0 Å². The number of likely N-dealkylation sites (N-methyl/N-ethyl adjacent to an activating group) is 2. The van der Waals surface area contributed by atoms with Gasteiger partial charge < -0.3 is 20.1 Å². The molecule has 0 aliphatic rings. The first-order valence-corrected chi connectivity index (χ1v) is 7.28. The molecule has 0 radical (unpaired) electrons. The summed E-state index contributed by atoms with van der Waals surface area (Å²) in [5.74, 6) is 0.913.